The van der Waals surface area contributed by atoms with Gasteiger partial charge in [-0.15, -0.1) is 0 Å². The molecule has 1 aromatic heterocycles. The fraction of sp³-hybridized carbons (Fsp3) is 0.368. The lowest BCUT2D eigenvalue weighted by Crippen LogP contribution is -2.41. The summed E-state index contributed by atoms with van der Waals surface area (Å²) in [6.45, 7) is 1.93. The first-order chi connectivity index (χ1) is 12.2. The van der Waals surface area contributed by atoms with Crippen LogP contribution in [0, 0.1) is 5.92 Å². The minimum Gasteiger partial charge on any atom is -0.497 e. The molecule has 0 saturated carbocycles. The van der Waals surface area contributed by atoms with E-state index < -0.39 is 0 Å². The van der Waals surface area contributed by atoms with Crippen LogP contribution in [0.5, 0.6) is 11.6 Å². The Labute approximate surface area is 152 Å². The van der Waals surface area contributed by atoms with Gasteiger partial charge >= 0.3 is 0 Å². The predicted molar refractivity (Wildman–Crippen MR) is 96.4 cm³/mol. The van der Waals surface area contributed by atoms with Gasteiger partial charge in [-0.3, -0.25) is 4.79 Å². The van der Waals surface area contributed by atoms with Gasteiger partial charge in [0.15, 0.2) is 0 Å². The summed E-state index contributed by atoms with van der Waals surface area (Å²) in [5, 5.41) is 0.502. The molecular formula is C19H21ClN2O3. The predicted octanol–water partition coefficient (Wildman–Crippen LogP) is 3.67. The van der Waals surface area contributed by atoms with Gasteiger partial charge in [-0.1, -0.05) is 17.7 Å². The molecule has 1 aliphatic heterocycles. The second-order valence-electron chi connectivity index (χ2n) is 6.09. The summed E-state index contributed by atoms with van der Waals surface area (Å²) in [6.07, 6.45) is 3.63. The third-order valence-corrected chi connectivity index (χ3v) is 4.59. The number of piperidine rings is 1. The van der Waals surface area contributed by atoms with Crippen molar-refractivity contribution >= 4 is 17.5 Å². The Morgan fingerprint density at radius 1 is 1.36 bits per heavy atom. The highest BCUT2D eigenvalue weighted by atomic mass is 35.5. The number of benzene rings is 1. The van der Waals surface area contributed by atoms with Crippen LogP contribution in [0.25, 0.3) is 0 Å². The maximum Gasteiger partial charge on any atom is 0.253 e. The van der Waals surface area contributed by atoms with Crippen LogP contribution in [-0.4, -0.2) is 42.6 Å². The maximum absolute atomic E-state index is 12.7. The number of rotatable bonds is 5. The number of hydrogen-bond acceptors (Lipinski definition) is 4. The van der Waals surface area contributed by atoms with E-state index in [0.29, 0.717) is 35.4 Å². The summed E-state index contributed by atoms with van der Waals surface area (Å²) < 4.78 is 10.9. The Morgan fingerprint density at radius 3 is 3.04 bits per heavy atom. The molecule has 0 aliphatic carbocycles. The largest absolute Gasteiger partial charge is 0.497 e. The lowest BCUT2D eigenvalue weighted by atomic mass is 9.98. The van der Waals surface area contributed by atoms with Gasteiger partial charge in [0.25, 0.3) is 5.91 Å². The summed E-state index contributed by atoms with van der Waals surface area (Å²) >= 11 is 6.07. The van der Waals surface area contributed by atoms with Crippen molar-refractivity contribution in [1.29, 1.82) is 0 Å². The molecule has 5 nitrogen and oxygen atoms in total. The minimum atomic E-state index is 0.0273. The van der Waals surface area contributed by atoms with Crippen molar-refractivity contribution in [3.05, 3.63) is 53.2 Å². The third kappa shape index (κ3) is 4.42. The highest BCUT2D eigenvalue weighted by Gasteiger charge is 2.25. The first kappa shape index (κ1) is 17.5. The molecule has 1 atom stereocenters. The number of pyridine rings is 1. The topological polar surface area (TPSA) is 51.7 Å². The van der Waals surface area contributed by atoms with Gasteiger partial charge in [0.05, 0.1) is 13.7 Å². The maximum atomic E-state index is 12.7. The van der Waals surface area contributed by atoms with Crippen LogP contribution in [-0.2, 0) is 0 Å². The van der Waals surface area contributed by atoms with Gasteiger partial charge < -0.3 is 14.4 Å². The van der Waals surface area contributed by atoms with Crippen LogP contribution in [0.3, 0.4) is 0 Å². The van der Waals surface area contributed by atoms with Gasteiger partial charge in [0, 0.05) is 30.8 Å². The van der Waals surface area contributed by atoms with E-state index in [2.05, 4.69) is 4.98 Å². The SMILES string of the molecule is COc1cccc(C(=O)N2CCCC(COc3ncccc3Cl)C2)c1. The monoisotopic (exact) mass is 360 g/mol. The fourth-order valence-electron chi connectivity index (χ4n) is 3.00. The molecule has 1 fully saturated rings. The van der Waals surface area contributed by atoms with E-state index in [9.17, 15) is 4.79 Å². The zero-order valence-electron chi connectivity index (χ0n) is 14.2. The molecule has 1 aromatic carbocycles. The zero-order valence-corrected chi connectivity index (χ0v) is 14.9. The standard InChI is InChI=1S/C19H21ClN2O3/c1-24-16-7-2-6-15(11-16)19(23)22-10-4-5-14(12-22)13-25-18-17(20)8-3-9-21-18/h2-3,6-9,11,14H,4-5,10,12-13H2,1H3. The van der Waals surface area contributed by atoms with Gasteiger partial charge in [-0.05, 0) is 43.2 Å². The minimum absolute atomic E-state index is 0.0273. The van der Waals surface area contributed by atoms with Crippen molar-refractivity contribution in [3.63, 3.8) is 0 Å². The molecule has 25 heavy (non-hydrogen) atoms. The van der Waals surface area contributed by atoms with E-state index in [1.54, 1.807) is 31.5 Å². The molecule has 132 valence electrons. The van der Waals surface area contributed by atoms with Crippen molar-refractivity contribution in [3.8, 4) is 11.6 Å². The fourth-order valence-corrected chi connectivity index (χ4v) is 3.17. The van der Waals surface area contributed by atoms with Crippen molar-refractivity contribution in [2.45, 2.75) is 12.8 Å². The number of aromatic nitrogens is 1. The van der Waals surface area contributed by atoms with Crippen molar-refractivity contribution in [2.24, 2.45) is 5.92 Å². The highest BCUT2D eigenvalue weighted by Crippen LogP contribution is 2.24. The lowest BCUT2D eigenvalue weighted by molar-refractivity contribution is 0.0631. The molecule has 2 aromatic rings. The molecular weight excluding hydrogens is 340 g/mol. The number of hydrogen-bond donors (Lipinski definition) is 0. The average Bonchev–Trinajstić information content (AvgIpc) is 2.67. The molecule has 1 unspecified atom stereocenters. The molecule has 1 aliphatic rings. The zero-order chi connectivity index (χ0) is 17.6. The van der Waals surface area contributed by atoms with Gasteiger partial charge in [-0.25, -0.2) is 4.98 Å². The summed E-state index contributed by atoms with van der Waals surface area (Å²) in [4.78, 5) is 18.8. The molecule has 2 heterocycles. The highest BCUT2D eigenvalue weighted by molar-refractivity contribution is 6.31. The van der Waals surface area contributed by atoms with E-state index in [-0.39, 0.29) is 11.8 Å². The number of nitrogens with zero attached hydrogens (tertiary/aromatic N) is 2. The van der Waals surface area contributed by atoms with E-state index in [4.69, 9.17) is 21.1 Å². The van der Waals surface area contributed by atoms with Crippen LogP contribution in [0.2, 0.25) is 5.02 Å². The second kappa shape index (κ2) is 8.21. The quantitative estimate of drug-likeness (QED) is 0.816. The number of amides is 1. The van der Waals surface area contributed by atoms with Crippen molar-refractivity contribution in [2.75, 3.05) is 26.8 Å². The number of likely N-dealkylation sites (tertiary alicyclic amines) is 1. The van der Waals surface area contributed by atoms with E-state index >= 15 is 0 Å². The Bertz CT molecular complexity index is 738. The average molecular weight is 361 g/mol. The number of methoxy groups -OCH3 is 1. The number of ether oxygens (including phenoxy) is 2. The molecule has 6 heteroatoms. The first-order valence-corrected chi connectivity index (χ1v) is 8.72. The smallest absolute Gasteiger partial charge is 0.253 e. The Balaban J connectivity index is 1.60. The van der Waals surface area contributed by atoms with Crippen LogP contribution in [0.4, 0.5) is 0 Å². The molecule has 3 rings (SSSR count). The van der Waals surface area contributed by atoms with Crippen LogP contribution in [0.15, 0.2) is 42.6 Å². The number of halogens is 1. The van der Waals surface area contributed by atoms with Gasteiger partial charge in [-0.2, -0.15) is 0 Å². The number of carbonyl (C=O) groups is 1. The van der Waals surface area contributed by atoms with Crippen LogP contribution >= 0.6 is 11.6 Å². The van der Waals surface area contributed by atoms with Gasteiger partial charge in [0.1, 0.15) is 10.8 Å². The van der Waals surface area contributed by atoms with Crippen molar-refractivity contribution < 1.29 is 14.3 Å². The Hall–Kier alpha value is -2.27. The Morgan fingerprint density at radius 2 is 2.24 bits per heavy atom. The molecule has 0 spiro atoms. The van der Waals surface area contributed by atoms with Crippen LogP contribution < -0.4 is 9.47 Å². The summed E-state index contributed by atoms with van der Waals surface area (Å²) in [5.41, 5.74) is 0.647. The molecule has 1 amide bonds. The molecule has 0 radical (unpaired) electrons. The van der Waals surface area contributed by atoms with E-state index in [0.717, 1.165) is 19.4 Å². The lowest BCUT2D eigenvalue weighted by Gasteiger charge is -2.32. The van der Waals surface area contributed by atoms with E-state index in [1.807, 2.05) is 23.1 Å². The van der Waals surface area contributed by atoms with Crippen LogP contribution in [0.1, 0.15) is 23.2 Å². The second-order valence-corrected chi connectivity index (χ2v) is 6.50. The molecule has 1 saturated heterocycles. The van der Waals surface area contributed by atoms with Crippen molar-refractivity contribution in [1.82, 2.24) is 9.88 Å². The first-order valence-electron chi connectivity index (χ1n) is 8.34. The summed E-state index contributed by atoms with van der Waals surface area (Å²) in [7, 11) is 1.60. The summed E-state index contributed by atoms with van der Waals surface area (Å²) in [5.74, 6) is 1.42. The normalized spacial score (nSPS) is 17.2. The Kier molecular flexibility index (Phi) is 5.76. The summed E-state index contributed by atoms with van der Waals surface area (Å²) in [6, 6.07) is 10.8. The third-order valence-electron chi connectivity index (χ3n) is 4.30. The number of carbonyl (C=O) groups excluding carboxylic acids is 1. The van der Waals surface area contributed by atoms with Gasteiger partial charge in [0.2, 0.25) is 5.88 Å². The molecule has 0 bridgehead atoms. The molecule has 0 N–H and O–H groups in total. The van der Waals surface area contributed by atoms with E-state index in [1.165, 1.54) is 0 Å².